The Labute approximate surface area is 418 Å². The molecule has 0 aromatic heterocycles. The van der Waals surface area contributed by atoms with Crippen molar-refractivity contribution in [2.75, 3.05) is 13.2 Å². The highest BCUT2D eigenvalue weighted by molar-refractivity contribution is 5.71. The Kier molecular flexibility index (Phi) is 54.0. The molecule has 0 fully saturated rings. The summed E-state index contributed by atoms with van der Waals surface area (Å²) >= 11 is 0. The quantitative estimate of drug-likeness (QED) is 0.0343. The average Bonchev–Trinajstić information content (AvgIpc) is 3.31. The number of unbranched alkanes of at least 4 members (excludes halogenated alkanes) is 43. The predicted octanol–water partition coefficient (Wildman–Crippen LogP) is 20.2. The maximum absolute atomic E-state index is 12.9. The topological polar surface area (TPSA) is 78.9 Å². The highest BCUT2D eigenvalue weighted by Gasteiger charge is 2.19. The molecule has 0 rings (SSSR count). The molecule has 0 amide bonds. The van der Waals surface area contributed by atoms with Crippen molar-refractivity contribution in [2.24, 2.45) is 5.92 Å². The van der Waals surface area contributed by atoms with E-state index in [1.807, 2.05) is 0 Å². The zero-order chi connectivity index (χ0) is 48.8. The van der Waals surface area contributed by atoms with Crippen LogP contribution in [-0.4, -0.2) is 37.2 Å². The van der Waals surface area contributed by atoms with Gasteiger partial charge in [0.05, 0.1) is 0 Å². The third-order valence-electron chi connectivity index (χ3n) is 14.0. The summed E-state index contributed by atoms with van der Waals surface area (Å²) in [5.41, 5.74) is 0. The summed E-state index contributed by atoms with van der Waals surface area (Å²) in [4.78, 5) is 38.2. The van der Waals surface area contributed by atoms with Crippen molar-refractivity contribution in [2.45, 2.75) is 355 Å². The minimum Gasteiger partial charge on any atom is -0.462 e. The lowest BCUT2D eigenvalue weighted by Gasteiger charge is -2.18. The predicted molar refractivity (Wildman–Crippen MR) is 289 cm³/mol. The summed E-state index contributed by atoms with van der Waals surface area (Å²) in [6, 6.07) is 0. The van der Waals surface area contributed by atoms with E-state index in [9.17, 15) is 14.4 Å². The van der Waals surface area contributed by atoms with Gasteiger partial charge in [0.25, 0.3) is 0 Å². The molecular formula is C61H118O6. The van der Waals surface area contributed by atoms with Crippen molar-refractivity contribution in [3.05, 3.63) is 0 Å². The van der Waals surface area contributed by atoms with Gasteiger partial charge in [0.2, 0.25) is 0 Å². The van der Waals surface area contributed by atoms with E-state index in [2.05, 4.69) is 27.7 Å². The maximum atomic E-state index is 12.9. The van der Waals surface area contributed by atoms with Gasteiger partial charge in [-0.25, -0.2) is 0 Å². The molecule has 0 aromatic rings. The molecule has 0 saturated carbocycles. The molecule has 0 aliphatic rings. The molecule has 0 aliphatic carbocycles. The van der Waals surface area contributed by atoms with Crippen molar-refractivity contribution in [1.82, 2.24) is 0 Å². The molecule has 6 nitrogen and oxygen atoms in total. The Hall–Kier alpha value is -1.59. The minimum absolute atomic E-state index is 0.0616. The molecule has 0 bridgehead atoms. The molecular weight excluding hydrogens is 829 g/mol. The second kappa shape index (κ2) is 55.3. The number of carbonyl (C=O) groups is 3. The normalized spacial score (nSPS) is 12.0. The highest BCUT2D eigenvalue weighted by Crippen LogP contribution is 2.18. The van der Waals surface area contributed by atoms with Crippen molar-refractivity contribution < 1.29 is 28.6 Å². The largest absolute Gasteiger partial charge is 0.462 e. The zero-order valence-corrected chi connectivity index (χ0v) is 45.9. The molecule has 67 heavy (non-hydrogen) atoms. The van der Waals surface area contributed by atoms with Gasteiger partial charge in [0, 0.05) is 19.3 Å². The third kappa shape index (κ3) is 55.2. The van der Waals surface area contributed by atoms with Crippen LogP contribution in [0.4, 0.5) is 0 Å². The van der Waals surface area contributed by atoms with Gasteiger partial charge < -0.3 is 14.2 Å². The zero-order valence-electron chi connectivity index (χ0n) is 45.9. The summed E-state index contributed by atoms with van der Waals surface area (Å²) in [7, 11) is 0. The number of esters is 3. The molecule has 0 saturated heterocycles. The molecule has 0 N–H and O–H groups in total. The van der Waals surface area contributed by atoms with Crippen LogP contribution in [0.5, 0.6) is 0 Å². The molecule has 0 radical (unpaired) electrons. The molecule has 0 spiro atoms. The lowest BCUT2D eigenvalue weighted by atomic mass is 10.0. The van der Waals surface area contributed by atoms with Crippen LogP contribution in [0.15, 0.2) is 0 Å². The lowest BCUT2D eigenvalue weighted by molar-refractivity contribution is -0.167. The fourth-order valence-corrected chi connectivity index (χ4v) is 9.46. The first-order chi connectivity index (χ1) is 32.9. The standard InChI is InChI=1S/C61H118O6/c1-5-7-9-11-13-15-17-19-20-21-22-23-24-30-34-38-42-46-50-54-61(64)67-58(55-65-59(62)52-48-44-40-36-32-27-18-16-14-12-10-8-6-2)56-66-60(63)53-49-45-41-37-33-29-26-25-28-31-35-39-43-47-51-57(3)4/h57-58H,5-56H2,1-4H3/t58-/m0/s1. The van der Waals surface area contributed by atoms with Crippen LogP contribution in [0.1, 0.15) is 349 Å². The molecule has 1 atom stereocenters. The van der Waals surface area contributed by atoms with E-state index in [0.29, 0.717) is 19.3 Å². The fourth-order valence-electron chi connectivity index (χ4n) is 9.46. The molecule has 0 aromatic carbocycles. The van der Waals surface area contributed by atoms with Gasteiger partial charge in [-0.2, -0.15) is 0 Å². The fraction of sp³-hybridized carbons (Fsp3) is 0.951. The van der Waals surface area contributed by atoms with Crippen LogP contribution in [0.25, 0.3) is 0 Å². The van der Waals surface area contributed by atoms with Crippen LogP contribution < -0.4 is 0 Å². The lowest BCUT2D eigenvalue weighted by Crippen LogP contribution is -2.30. The average molecular weight is 948 g/mol. The van der Waals surface area contributed by atoms with E-state index in [4.69, 9.17) is 14.2 Å². The maximum Gasteiger partial charge on any atom is 0.306 e. The number of ether oxygens (including phenoxy) is 3. The molecule has 398 valence electrons. The van der Waals surface area contributed by atoms with Gasteiger partial charge in [-0.1, -0.05) is 310 Å². The Bertz CT molecular complexity index is 1010. The first kappa shape index (κ1) is 65.4. The van der Waals surface area contributed by atoms with Crippen molar-refractivity contribution in [3.8, 4) is 0 Å². The number of carbonyl (C=O) groups excluding carboxylic acids is 3. The summed E-state index contributed by atoms with van der Waals surface area (Å²) in [5.74, 6) is 0.0131. The first-order valence-corrected chi connectivity index (χ1v) is 30.4. The van der Waals surface area contributed by atoms with Gasteiger partial charge in [0.1, 0.15) is 13.2 Å². The van der Waals surface area contributed by atoms with Crippen LogP contribution >= 0.6 is 0 Å². The monoisotopic (exact) mass is 947 g/mol. The number of hydrogen-bond donors (Lipinski definition) is 0. The van der Waals surface area contributed by atoms with Gasteiger partial charge in [0.15, 0.2) is 6.10 Å². The van der Waals surface area contributed by atoms with Gasteiger partial charge in [-0.3, -0.25) is 14.4 Å². The number of rotatable bonds is 56. The summed E-state index contributed by atoms with van der Waals surface area (Å²) in [6.45, 7) is 9.08. The van der Waals surface area contributed by atoms with E-state index in [-0.39, 0.29) is 31.1 Å². The SMILES string of the molecule is CCCCCCCCCCCCCCCCCCCCCC(=O)O[C@@H](COC(=O)CCCCCCCCCCCCCCC)COC(=O)CCCCCCCCCCCCCCCCC(C)C. The highest BCUT2D eigenvalue weighted by atomic mass is 16.6. The number of hydrogen-bond acceptors (Lipinski definition) is 6. The van der Waals surface area contributed by atoms with E-state index in [1.165, 1.54) is 244 Å². The van der Waals surface area contributed by atoms with Crippen LogP contribution in [-0.2, 0) is 28.6 Å². The van der Waals surface area contributed by atoms with Gasteiger partial charge >= 0.3 is 17.9 Å². The Balaban J connectivity index is 4.27. The minimum atomic E-state index is -0.762. The van der Waals surface area contributed by atoms with Gasteiger partial charge in [-0.05, 0) is 25.2 Å². The third-order valence-corrected chi connectivity index (χ3v) is 14.0. The first-order valence-electron chi connectivity index (χ1n) is 30.4. The van der Waals surface area contributed by atoms with E-state index in [0.717, 1.165) is 63.7 Å². The smallest absolute Gasteiger partial charge is 0.306 e. The van der Waals surface area contributed by atoms with Gasteiger partial charge in [-0.15, -0.1) is 0 Å². The second-order valence-electron chi connectivity index (χ2n) is 21.5. The van der Waals surface area contributed by atoms with Crippen LogP contribution in [0.2, 0.25) is 0 Å². The summed E-state index contributed by atoms with van der Waals surface area (Å²) in [6.07, 6.45) is 61.0. The summed E-state index contributed by atoms with van der Waals surface area (Å²) in [5, 5.41) is 0. The van der Waals surface area contributed by atoms with E-state index >= 15 is 0 Å². The molecule has 0 aliphatic heterocycles. The second-order valence-corrected chi connectivity index (χ2v) is 21.5. The Morgan fingerprint density at radius 2 is 0.493 bits per heavy atom. The Morgan fingerprint density at radius 1 is 0.284 bits per heavy atom. The summed E-state index contributed by atoms with van der Waals surface area (Å²) < 4.78 is 16.9. The van der Waals surface area contributed by atoms with E-state index < -0.39 is 6.10 Å². The molecule has 0 unspecified atom stereocenters. The van der Waals surface area contributed by atoms with Crippen LogP contribution in [0.3, 0.4) is 0 Å². The Morgan fingerprint density at radius 3 is 0.731 bits per heavy atom. The van der Waals surface area contributed by atoms with Crippen molar-refractivity contribution in [1.29, 1.82) is 0 Å². The van der Waals surface area contributed by atoms with Crippen molar-refractivity contribution >= 4 is 17.9 Å². The van der Waals surface area contributed by atoms with Crippen molar-refractivity contribution in [3.63, 3.8) is 0 Å². The molecule has 0 heterocycles. The van der Waals surface area contributed by atoms with Crippen LogP contribution in [0, 0.1) is 5.92 Å². The van der Waals surface area contributed by atoms with E-state index in [1.54, 1.807) is 0 Å². The molecule has 6 heteroatoms.